The largest absolute Gasteiger partial charge is 0.456 e. The summed E-state index contributed by atoms with van der Waals surface area (Å²) in [5.74, 6) is 0.508. The summed E-state index contributed by atoms with van der Waals surface area (Å²) in [6.07, 6.45) is 0. The Morgan fingerprint density at radius 2 is 0.870 bits per heavy atom. The molecule has 0 spiro atoms. The molecule has 9 aromatic carbocycles. The van der Waals surface area contributed by atoms with Gasteiger partial charge in [0.1, 0.15) is 22.5 Å². The van der Waals surface area contributed by atoms with E-state index in [1.807, 2.05) is 66.7 Å². The molecule has 54 heavy (non-hydrogen) atoms. The first kappa shape index (κ1) is 22.0. The van der Waals surface area contributed by atoms with E-state index in [0.29, 0.717) is 55.4 Å². The standard InChI is InChI=1S/C52H32O2/c1-4-15-33(16-5-1)36-27-29-46-44(31-36)45-32-37(28-30-47(45)53-46)49-43-26-14-25-38(34-17-6-2-7-18-34)51(43)54-52(49)50-41-23-12-10-21-39(41)48(35-19-8-3-9-20-35)40-22-11-13-24-42(40)50/h1-32H/i1D,2D,4D,5D,6D,7D,15D,16D,17D,18D. The maximum Gasteiger partial charge on any atom is 0.144 e. The van der Waals surface area contributed by atoms with E-state index >= 15 is 0 Å². The average molecular weight is 699 g/mol. The van der Waals surface area contributed by atoms with Crippen LogP contribution in [0.3, 0.4) is 0 Å². The van der Waals surface area contributed by atoms with Gasteiger partial charge >= 0.3 is 0 Å². The smallest absolute Gasteiger partial charge is 0.144 e. The van der Waals surface area contributed by atoms with Crippen LogP contribution in [0, 0.1) is 0 Å². The van der Waals surface area contributed by atoms with Crippen molar-refractivity contribution in [1.29, 1.82) is 0 Å². The molecule has 2 heteroatoms. The normalized spacial score (nSPS) is 14.3. The van der Waals surface area contributed by atoms with E-state index < -0.39 is 36.3 Å². The molecule has 0 saturated carbocycles. The summed E-state index contributed by atoms with van der Waals surface area (Å²) in [4.78, 5) is 0. The van der Waals surface area contributed by atoms with Crippen LogP contribution in [0.2, 0.25) is 0 Å². The number of rotatable bonds is 5. The predicted octanol–water partition coefficient (Wildman–Crippen LogP) is 15.0. The summed E-state index contributed by atoms with van der Waals surface area (Å²) in [5.41, 5.74) is 6.68. The Hall–Kier alpha value is -7.16. The van der Waals surface area contributed by atoms with Crippen LogP contribution in [-0.2, 0) is 0 Å². The summed E-state index contributed by atoms with van der Waals surface area (Å²) >= 11 is 0. The topological polar surface area (TPSA) is 26.3 Å². The molecular weight excluding hydrogens is 657 g/mol. The van der Waals surface area contributed by atoms with Crippen molar-refractivity contribution in [3.05, 3.63) is 194 Å². The third kappa shape index (κ3) is 4.74. The number of fused-ring (bicyclic) bond motifs is 6. The molecule has 11 rings (SSSR count). The summed E-state index contributed by atoms with van der Waals surface area (Å²) in [6, 6.07) is 39.0. The molecule has 0 saturated heterocycles. The second-order valence-electron chi connectivity index (χ2n) is 13.2. The van der Waals surface area contributed by atoms with Crippen LogP contribution in [0.5, 0.6) is 0 Å². The predicted molar refractivity (Wildman–Crippen MR) is 226 cm³/mol. The lowest BCUT2D eigenvalue weighted by Gasteiger charge is -2.17. The first-order valence-electron chi connectivity index (χ1n) is 22.6. The molecule has 0 atom stereocenters. The molecule has 0 aliphatic heterocycles. The maximum absolute atomic E-state index is 8.97. The molecule has 0 fully saturated rings. The molecule has 0 bridgehead atoms. The molecule has 2 aromatic heterocycles. The van der Waals surface area contributed by atoms with Gasteiger partial charge in [0.2, 0.25) is 0 Å². The third-order valence-corrected chi connectivity index (χ3v) is 10.3. The Kier molecular flexibility index (Phi) is 4.99. The molecule has 2 nitrogen and oxygen atoms in total. The van der Waals surface area contributed by atoms with Gasteiger partial charge in [0.05, 0.1) is 13.7 Å². The molecule has 0 aliphatic carbocycles. The second-order valence-corrected chi connectivity index (χ2v) is 13.2. The lowest BCUT2D eigenvalue weighted by molar-refractivity contribution is 0.635. The zero-order chi connectivity index (χ0) is 44.3. The zero-order valence-corrected chi connectivity index (χ0v) is 28.5. The quantitative estimate of drug-likeness (QED) is 0.167. The lowest BCUT2D eigenvalue weighted by atomic mass is 9.86. The number of benzene rings is 9. The van der Waals surface area contributed by atoms with Crippen molar-refractivity contribution in [2.45, 2.75) is 0 Å². The van der Waals surface area contributed by atoms with E-state index in [0.717, 1.165) is 43.8 Å². The van der Waals surface area contributed by atoms with Gasteiger partial charge in [0.15, 0.2) is 0 Å². The highest BCUT2D eigenvalue weighted by Gasteiger charge is 2.26. The van der Waals surface area contributed by atoms with Gasteiger partial charge in [-0.25, -0.2) is 0 Å². The fourth-order valence-electron chi connectivity index (χ4n) is 7.94. The van der Waals surface area contributed by atoms with Crippen molar-refractivity contribution >= 4 is 54.5 Å². The summed E-state index contributed by atoms with van der Waals surface area (Å²) < 4.78 is 98.9. The maximum atomic E-state index is 8.97. The minimum Gasteiger partial charge on any atom is -0.456 e. The molecule has 0 aliphatic rings. The number of para-hydroxylation sites is 1. The van der Waals surface area contributed by atoms with Gasteiger partial charge in [-0.05, 0) is 79.2 Å². The van der Waals surface area contributed by atoms with E-state index in [4.69, 9.17) is 22.5 Å². The zero-order valence-electron chi connectivity index (χ0n) is 38.5. The van der Waals surface area contributed by atoms with Crippen molar-refractivity contribution in [3.63, 3.8) is 0 Å². The fourth-order valence-corrected chi connectivity index (χ4v) is 7.94. The van der Waals surface area contributed by atoms with Crippen LogP contribution in [-0.4, -0.2) is 0 Å². The Bertz CT molecular complexity index is 3680. The van der Waals surface area contributed by atoms with Gasteiger partial charge in [0, 0.05) is 32.8 Å². The molecule has 0 N–H and O–H groups in total. The molecular formula is C52H32O2. The molecule has 252 valence electrons. The van der Waals surface area contributed by atoms with Gasteiger partial charge in [-0.15, -0.1) is 0 Å². The van der Waals surface area contributed by atoms with Crippen LogP contribution in [0.4, 0.5) is 0 Å². The number of hydrogen-bond donors (Lipinski definition) is 0. The minimum absolute atomic E-state index is 0.0223. The summed E-state index contributed by atoms with van der Waals surface area (Å²) in [5, 5.41) is 5.85. The van der Waals surface area contributed by atoms with Gasteiger partial charge in [-0.2, -0.15) is 0 Å². The van der Waals surface area contributed by atoms with Crippen LogP contribution >= 0.6 is 0 Å². The highest BCUT2D eigenvalue weighted by atomic mass is 16.3. The van der Waals surface area contributed by atoms with E-state index in [-0.39, 0.29) is 35.3 Å². The SMILES string of the molecule is [2H]c1c([2H])c([2H])c(-c2ccc3oc4ccc(-c5c(-c6c7ccccc7c(-c7ccccc7)c7ccccc67)oc6c(-c7c([2H])c([2H])c([2H])c([2H])c7[2H])cccc56)cc4c3c2)c([2H])c1[2H]. The number of furan rings is 2. The summed E-state index contributed by atoms with van der Waals surface area (Å²) in [7, 11) is 0. The van der Waals surface area contributed by atoms with E-state index in [1.165, 1.54) is 0 Å². The molecule has 0 amide bonds. The monoisotopic (exact) mass is 698 g/mol. The van der Waals surface area contributed by atoms with Crippen molar-refractivity contribution < 1.29 is 22.5 Å². The summed E-state index contributed by atoms with van der Waals surface area (Å²) in [6.45, 7) is 0. The van der Waals surface area contributed by atoms with E-state index in [9.17, 15) is 0 Å². The van der Waals surface area contributed by atoms with Gasteiger partial charge in [0.25, 0.3) is 0 Å². The van der Waals surface area contributed by atoms with Crippen LogP contribution in [0.25, 0.3) is 110 Å². The van der Waals surface area contributed by atoms with Crippen LogP contribution in [0.15, 0.2) is 203 Å². The van der Waals surface area contributed by atoms with Crippen molar-refractivity contribution in [1.82, 2.24) is 0 Å². The van der Waals surface area contributed by atoms with Crippen molar-refractivity contribution in [2.75, 3.05) is 0 Å². The van der Waals surface area contributed by atoms with Gasteiger partial charge < -0.3 is 8.83 Å². The first-order valence-corrected chi connectivity index (χ1v) is 17.6. The Labute approximate surface area is 326 Å². The van der Waals surface area contributed by atoms with E-state index in [2.05, 4.69) is 36.4 Å². The van der Waals surface area contributed by atoms with Gasteiger partial charge in [-0.3, -0.25) is 0 Å². The Morgan fingerprint density at radius 3 is 1.52 bits per heavy atom. The van der Waals surface area contributed by atoms with Crippen LogP contribution in [0.1, 0.15) is 13.7 Å². The van der Waals surface area contributed by atoms with E-state index in [1.54, 1.807) is 30.3 Å². The molecule has 2 heterocycles. The average Bonchev–Trinajstić information content (AvgIpc) is 3.89. The molecule has 11 aromatic rings. The highest BCUT2D eigenvalue weighted by Crippen LogP contribution is 2.51. The molecule has 0 unspecified atom stereocenters. The van der Waals surface area contributed by atoms with Crippen LogP contribution < -0.4 is 0 Å². The first-order chi connectivity index (χ1) is 30.9. The number of hydrogen-bond acceptors (Lipinski definition) is 2. The Balaban J connectivity index is 1.25. The minimum atomic E-state index is -0.487. The fraction of sp³-hybridized carbons (Fsp3) is 0. The van der Waals surface area contributed by atoms with Gasteiger partial charge in [-0.1, -0.05) is 170 Å². The Morgan fingerprint density at radius 1 is 0.333 bits per heavy atom. The van der Waals surface area contributed by atoms with Crippen molar-refractivity contribution in [2.24, 2.45) is 0 Å². The third-order valence-electron chi connectivity index (χ3n) is 10.3. The lowest BCUT2D eigenvalue weighted by Crippen LogP contribution is -1.91. The second kappa shape index (κ2) is 12.2. The van der Waals surface area contributed by atoms with Crippen molar-refractivity contribution in [3.8, 4) is 55.8 Å². The molecule has 0 radical (unpaired) electrons. The highest BCUT2D eigenvalue weighted by molar-refractivity contribution is 6.23.